The van der Waals surface area contributed by atoms with Gasteiger partial charge in [-0.15, -0.1) is 11.3 Å². The van der Waals surface area contributed by atoms with Gasteiger partial charge in [0.1, 0.15) is 0 Å². The smallest absolute Gasteiger partial charge is 0.211 e. The van der Waals surface area contributed by atoms with Crippen LogP contribution in [0.2, 0.25) is 0 Å². The van der Waals surface area contributed by atoms with E-state index >= 15 is 0 Å². The molecule has 0 amide bonds. The Labute approximate surface area is 131 Å². The Kier molecular flexibility index (Phi) is 3.87. The van der Waals surface area contributed by atoms with Gasteiger partial charge >= 0.3 is 0 Å². The highest BCUT2D eigenvalue weighted by molar-refractivity contribution is 9.10. The number of piperidine rings is 1. The van der Waals surface area contributed by atoms with E-state index in [2.05, 4.69) is 34.7 Å². The van der Waals surface area contributed by atoms with Crippen LogP contribution in [-0.2, 0) is 0 Å². The van der Waals surface area contributed by atoms with Crippen LogP contribution in [0.25, 0.3) is 10.1 Å². The fourth-order valence-corrected chi connectivity index (χ4v) is 4.45. The van der Waals surface area contributed by atoms with Crippen LogP contribution >= 0.6 is 27.3 Å². The predicted octanol–water partition coefficient (Wildman–Crippen LogP) is 4.51. The Hall–Kier alpha value is -0.870. The van der Waals surface area contributed by atoms with Crippen molar-refractivity contribution < 1.29 is 0 Å². The van der Waals surface area contributed by atoms with E-state index in [9.17, 15) is 4.79 Å². The SMILES string of the molecule is CC1CC(C)CN(c2csc3ccc(Br)cc3c2=O)C1. The lowest BCUT2D eigenvalue weighted by atomic mass is 9.91. The first-order valence-electron chi connectivity index (χ1n) is 7.00. The van der Waals surface area contributed by atoms with Crippen molar-refractivity contribution in [2.75, 3.05) is 18.0 Å². The quantitative estimate of drug-likeness (QED) is 0.753. The van der Waals surface area contributed by atoms with E-state index in [-0.39, 0.29) is 5.43 Å². The highest BCUT2D eigenvalue weighted by Gasteiger charge is 2.24. The third-order valence-corrected chi connectivity index (χ3v) is 5.37. The molecule has 2 atom stereocenters. The van der Waals surface area contributed by atoms with Gasteiger partial charge in [-0.25, -0.2) is 0 Å². The Balaban J connectivity index is 2.08. The van der Waals surface area contributed by atoms with Crippen LogP contribution in [0.3, 0.4) is 0 Å². The fourth-order valence-electron chi connectivity index (χ4n) is 3.17. The number of rotatable bonds is 1. The number of anilines is 1. The van der Waals surface area contributed by atoms with E-state index in [4.69, 9.17) is 0 Å². The molecule has 106 valence electrons. The number of nitrogens with zero attached hydrogens (tertiary/aromatic N) is 1. The standard InChI is InChI=1S/C16H18BrNOS/c1-10-5-11(2)8-18(7-10)14-9-20-15-4-3-12(17)6-13(15)16(14)19/h3-4,6,9-11H,5,7-8H2,1-2H3. The Morgan fingerprint density at radius 3 is 2.65 bits per heavy atom. The number of hydrogen-bond acceptors (Lipinski definition) is 3. The summed E-state index contributed by atoms with van der Waals surface area (Å²) in [6.45, 7) is 6.53. The van der Waals surface area contributed by atoms with Gasteiger partial charge < -0.3 is 4.90 Å². The summed E-state index contributed by atoms with van der Waals surface area (Å²) in [6, 6.07) is 5.94. The Morgan fingerprint density at radius 2 is 1.95 bits per heavy atom. The summed E-state index contributed by atoms with van der Waals surface area (Å²) in [6.07, 6.45) is 1.26. The molecule has 1 aliphatic heterocycles. The molecule has 0 spiro atoms. The van der Waals surface area contributed by atoms with Crippen molar-refractivity contribution in [1.29, 1.82) is 0 Å². The minimum absolute atomic E-state index is 0.168. The number of halogens is 1. The van der Waals surface area contributed by atoms with E-state index in [1.165, 1.54) is 6.42 Å². The summed E-state index contributed by atoms with van der Waals surface area (Å²) in [5.74, 6) is 1.31. The van der Waals surface area contributed by atoms with Crippen LogP contribution in [0, 0.1) is 11.8 Å². The van der Waals surface area contributed by atoms with Crippen molar-refractivity contribution in [3.63, 3.8) is 0 Å². The normalized spacial score (nSPS) is 23.2. The Morgan fingerprint density at radius 1 is 1.25 bits per heavy atom. The molecule has 2 heterocycles. The van der Waals surface area contributed by atoms with Gasteiger partial charge in [0, 0.05) is 33.0 Å². The Bertz CT molecular complexity index is 686. The van der Waals surface area contributed by atoms with Crippen molar-refractivity contribution >= 4 is 43.0 Å². The lowest BCUT2D eigenvalue weighted by molar-refractivity contribution is 0.356. The molecule has 2 aromatic rings. The van der Waals surface area contributed by atoms with E-state index < -0.39 is 0 Å². The third kappa shape index (κ3) is 2.63. The van der Waals surface area contributed by atoms with Crippen LogP contribution in [0.4, 0.5) is 5.69 Å². The molecule has 0 saturated carbocycles. The van der Waals surface area contributed by atoms with Crippen molar-refractivity contribution in [2.24, 2.45) is 11.8 Å². The molecule has 20 heavy (non-hydrogen) atoms. The summed E-state index contributed by atoms with van der Waals surface area (Å²) >= 11 is 5.12. The molecule has 3 rings (SSSR count). The average Bonchev–Trinajstić information content (AvgIpc) is 2.38. The fraction of sp³-hybridized carbons (Fsp3) is 0.438. The van der Waals surface area contributed by atoms with Crippen molar-refractivity contribution in [3.8, 4) is 0 Å². The first-order valence-corrected chi connectivity index (χ1v) is 8.68. The molecule has 1 aromatic carbocycles. The topological polar surface area (TPSA) is 20.3 Å². The lowest BCUT2D eigenvalue weighted by Crippen LogP contribution is -2.40. The van der Waals surface area contributed by atoms with Crippen LogP contribution in [-0.4, -0.2) is 13.1 Å². The maximum absolute atomic E-state index is 12.7. The van der Waals surface area contributed by atoms with E-state index in [0.29, 0.717) is 11.8 Å². The summed E-state index contributed by atoms with van der Waals surface area (Å²) in [7, 11) is 0. The molecule has 0 bridgehead atoms. The summed E-state index contributed by atoms with van der Waals surface area (Å²) in [5, 5.41) is 2.86. The van der Waals surface area contributed by atoms with Gasteiger partial charge in [-0.05, 0) is 36.5 Å². The zero-order chi connectivity index (χ0) is 14.3. The molecule has 0 aliphatic carbocycles. The maximum Gasteiger partial charge on any atom is 0.211 e. The highest BCUT2D eigenvalue weighted by atomic mass is 79.9. The molecule has 1 aromatic heterocycles. The first kappa shape index (κ1) is 14.1. The van der Waals surface area contributed by atoms with Crippen LogP contribution in [0.15, 0.2) is 32.8 Å². The number of benzene rings is 1. The zero-order valence-corrected chi connectivity index (χ0v) is 14.1. The molecule has 1 fully saturated rings. The van der Waals surface area contributed by atoms with Crippen LogP contribution < -0.4 is 10.3 Å². The number of hydrogen-bond donors (Lipinski definition) is 0. The predicted molar refractivity (Wildman–Crippen MR) is 91.0 cm³/mol. The van der Waals surface area contributed by atoms with Gasteiger partial charge in [0.2, 0.25) is 5.43 Å². The largest absolute Gasteiger partial charge is 0.367 e. The molecule has 2 unspecified atom stereocenters. The second kappa shape index (κ2) is 5.49. The van der Waals surface area contributed by atoms with Gasteiger partial charge in [0.15, 0.2) is 0 Å². The van der Waals surface area contributed by atoms with Gasteiger partial charge in [0.25, 0.3) is 0 Å². The minimum atomic E-state index is 0.168. The lowest BCUT2D eigenvalue weighted by Gasteiger charge is -2.36. The first-order chi connectivity index (χ1) is 9.54. The monoisotopic (exact) mass is 351 g/mol. The van der Waals surface area contributed by atoms with Crippen LogP contribution in [0.1, 0.15) is 20.3 Å². The maximum atomic E-state index is 12.7. The average molecular weight is 352 g/mol. The van der Waals surface area contributed by atoms with Gasteiger partial charge in [-0.3, -0.25) is 4.79 Å². The minimum Gasteiger partial charge on any atom is -0.367 e. The summed E-state index contributed by atoms with van der Waals surface area (Å²) in [5.41, 5.74) is 1.04. The molecule has 2 nitrogen and oxygen atoms in total. The van der Waals surface area contributed by atoms with Gasteiger partial charge in [0.05, 0.1) is 5.69 Å². The summed E-state index contributed by atoms with van der Waals surface area (Å²) in [4.78, 5) is 15.0. The van der Waals surface area contributed by atoms with Crippen LogP contribution in [0.5, 0.6) is 0 Å². The molecule has 1 aliphatic rings. The second-order valence-corrected chi connectivity index (χ2v) is 7.77. The van der Waals surface area contributed by atoms with Crippen molar-refractivity contribution in [1.82, 2.24) is 0 Å². The van der Waals surface area contributed by atoms with E-state index in [0.717, 1.165) is 33.3 Å². The van der Waals surface area contributed by atoms with E-state index in [1.54, 1.807) is 11.3 Å². The van der Waals surface area contributed by atoms with E-state index in [1.807, 2.05) is 23.6 Å². The number of fused-ring (bicyclic) bond motifs is 1. The zero-order valence-electron chi connectivity index (χ0n) is 11.7. The molecule has 0 radical (unpaired) electrons. The molecule has 1 saturated heterocycles. The molecular weight excluding hydrogens is 334 g/mol. The molecule has 4 heteroatoms. The van der Waals surface area contributed by atoms with Gasteiger partial charge in [-0.2, -0.15) is 0 Å². The van der Waals surface area contributed by atoms with Gasteiger partial charge in [-0.1, -0.05) is 29.8 Å². The highest BCUT2D eigenvalue weighted by Crippen LogP contribution is 2.28. The second-order valence-electron chi connectivity index (χ2n) is 5.94. The molecular formula is C16H18BrNOS. The summed E-state index contributed by atoms with van der Waals surface area (Å²) < 4.78 is 2.02. The van der Waals surface area contributed by atoms with Crippen molar-refractivity contribution in [2.45, 2.75) is 20.3 Å². The van der Waals surface area contributed by atoms with Crippen molar-refractivity contribution in [3.05, 3.63) is 38.3 Å². The third-order valence-electron chi connectivity index (χ3n) is 3.93. The molecule has 0 N–H and O–H groups in total.